The summed E-state index contributed by atoms with van der Waals surface area (Å²) in [5, 5.41) is 10.5. The first-order chi connectivity index (χ1) is 8.16. The lowest BCUT2D eigenvalue weighted by Gasteiger charge is -2.21. The van der Waals surface area contributed by atoms with E-state index in [0.29, 0.717) is 6.54 Å². The lowest BCUT2D eigenvalue weighted by atomic mass is 9.99. The number of amides is 1. The van der Waals surface area contributed by atoms with E-state index in [1.54, 1.807) is 0 Å². The number of aromatic nitrogens is 2. The van der Waals surface area contributed by atoms with E-state index in [0.717, 1.165) is 37.3 Å². The maximum atomic E-state index is 11.9. The fraction of sp³-hybridized carbons (Fsp3) is 0.667. The number of nitrogens with one attached hydrogen (secondary N) is 2. The van der Waals surface area contributed by atoms with Gasteiger partial charge in [-0.25, -0.2) is 0 Å². The summed E-state index contributed by atoms with van der Waals surface area (Å²) in [5.74, 6) is 0.272. The fourth-order valence-electron chi connectivity index (χ4n) is 2.23. The van der Waals surface area contributed by atoms with Gasteiger partial charge in [-0.2, -0.15) is 5.10 Å². The van der Waals surface area contributed by atoms with Crippen molar-refractivity contribution in [1.82, 2.24) is 20.4 Å². The largest absolute Gasteiger partial charge is 0.350 e. The first-order valence-electron chi connectivity index (χ1n) is 6.15. The quantitative estimate of drug-likeness (QED) is 0.796. The molecule has 0 unspecified atom stereocenters. The van der Waals surface area contributed by atoms with Crippen molar-refractivity contribution in [3.05, 3.63) is 17.5 Å². The fourth-order valence-corrected chi connectivity index (χ4v) is 2.23. The predicted octanol–water partition coefficient (Wildman–Crippen LogP) is 0.344. The number of rotatable bonds is 3. The maximum Gasteiger partial charge on any atom is 0.224 e. The highest BCUT2D eigenvalue weighted by molar-refractivity contribution is 5.78. The molecule has 2 rings (SSSR count). The third-order valence-electron chi connectivity index (χ3n) is 3.21. The van der Waals surface area contributed by atoms with Gasteiger partial charge in [0.1, 0.15) is 0 Å². The van der Waals surface area contributed by atoms with Crippen LogP contribution < -0.4 is 10.6 Å². The SMILES string of the molecule is Cc1cc(CNC(=O)[C@H]2CCCNC2)n(C)n1. The van der Waals surface area contributed by atoms with Gasteiger partial charge in [-0.3, -0.25) is 9.48 Å². The van der Waals surface area contributed by atoms with Crippen LogP contribution in [0.5, 0.6) is 0 Å². The number of carbonyl (C=O) groups excluding carboxylic acids is 1. The predicted molar refractivity (Wildman–Crippen MR) is 65.4 cm³/mol. The van der Waals surface area contributed by atoms with Gasteiger partial charge in [0, 0.05) is 13.6 Å². The van der Waals surface area contributed by atoms with E-state index in [2.05, 4.69) is 15.7 Å². The van der Waals surface area contributed by atoms with Gasteiger partial charge in [0.05, 0.1) is 23.9 Å². The minimum atomic E-state index is 0.123. The summed E-state index contributed by atoms with van der Waals surface area (Å²) in [6.07, 6.45) is 2.08. The van der Waals surface area contributed by atoms with E-state index >= 15 is 0 Å². The van der Waals surface area contributed by atoms with Crippen LogP contribution in [-0.4, -0.2) is 28.8 Å². The van der Waals surface area contributed by atoms with Gasteiger partial charge in [-0.1, -0.05) is 0 Å². The van der Waals surface area contributed by atoms with Crippen LogP contribution in [0.25, 0.3) is 0 Å². The Morgan fingerprint density at radius 3 is 3.12 bits per heavy atom. The molecule has 0 aliphatic carbocycles. The molecule has 1 aromatic rings. The molecule has 0 radical (unpaired) electrons. The Morgan fingerprint density at radius 1 is 1.71 bits per heavy atom. The molecule has 1 saturated heterocycles. The number of piperidine rings is 1. The summed E-state index contributed by atoms with van der Waals surface area (Å²) < 4.78 is 1.81. The van der Waals surface area contributed by atoms with Crippen molar-refractivity contribution in [2.45, 2.75) is 26.3 Å². The molecule has 1 amide bonds. The second kappa shape index (κ2) is 5.31. The molecule has 0 spiro atoms. The lowest BCUT2D eigenvalue weighted by Crippen LogP contribution is -2.40. The van der Waals surface area contributed by atoms with E-state index in [-0.39, 0.29) is 11.8 Å². The Labute approximate surface area is 102 Å². The summed E-state index contributed by atoms with van der Waals surface area (Å²) >= 11 is 0. The Kier molecular flexibility index (Phi) is 3.78. The third-order valence-corrected chi connectivity index (χ3v) is 3.21. The molecular weight excluding hydrogens is 216 g/mol. The molecule has 2 N–H and O–H groups in total. The van der Waals surface area contributed by atoms with Gasteiger partial charge in [-0.05, 0) is 32.4 Å². The third kappa shape index (κ3) is 3.06. The number of nitrogens with zero attached hydrogens (tertiary/aromatic N) is 2. The molecule has 1 aliphatic heterocycles. The minimum Gasteiger partial charge on any atom is -0.350 e. The van der Waals surface area contributed by atoms with E-state index in [9.17, 15) is 4.79 Å². The van der Waals surface area contributed by atoms with Crippen LogP contribution in [0.1, 0.15) is 24.2 Å². The van der Waals surface area contributed by atoms with Crippen molar-refractivity contribution in [3.63, 3.8) is 0 Å². The topological polar surface area (TPSA) is 59.0 Å². The molecule has 2 heterocycles. The molecule has 1 fully saturated rings. The highest BCUT2D eigenvalue weighted by Gasteiger charge is 2.20. The second-order valence-electron chi connectivity index (χ2n) is 4.66. The molecule has 0 saturated carbocycles. The minimum absolute atomic E-state index is 0.123. The van der Waals surface area contributed by atoms with Crippen molar-refractivity contribution in [2.75, 3.05) is 13.1 Å². The molecule has 94 valence electrons. The smallest absolute Gasteiger partial charge is 0.224 e. The zero-order chi connectivity index (χ0) is 12.3. The van der Waals surface area contributed by atoms with Gasteiger partial charge in [0.15, 0.2) is 0 Å². The molecule has 5 nitrogen and oxygen atoms in total. The number of aryl methyl sites for hydroxylation is 2. The van der Waals surface area contributed by atoms with Crippen molar-refractivity contribution in [2.24, 2.45) is 13.0 Å². The Morgan fingerprint density at radius 2 is 2.53 bits per heavy atom. The van der Waals surface area contributed by atoms with E-state index < -0.39 is 0 Å². The molecule has 17 heavy (non-hydrogen) atoms. The Balaban J connectivity index is 1.85. The van der Waals surface area contributed by atoms with Crippen LogP contribution in [0.4, 0.5) is 0 Å². The Bertz CT molecular complexity index is 393. The average Bonchev–Trinajstić information content (AvgIpc) is 2.66. The summed E-state index contributed by atoms with van der Waals surface area (Å²) in [6, 6.07) is 2.00. The molecule has 5 heteroatoms. The lowest BCUT2D eigenvalue weighted by molar-refractivity contribution is -0.125. The second-order valence-corrected chi connectivity index (χ2v) is 4.66. The van der Waals surface area contributed by atoms with Gasteiger partial charge in [0.2, 0.25) is 5.91 Å². The van der Waals surface area contributed by atoms with Crippen LogP contribution >= 0.6 is 0 Å². The summed E-state index contributed by atoms with van der Waals surface area (Å²) in [5.41, 5.74) is 2.02. The highest BCUT2D eigenvalue weighted by Crippen LogP contribution is 2.10. The van der Waals surface area contributed by atoms with Crippen molar-refractivity contribution in [1.29, 1.82) is 0 Å². The summed E-state index contributed by atoms with van der Waals surface area (Å²) in [7, 11) is 1.90. The zero-order valence-corrected chi connectivity index (χ0v) is 10.5. The summed E-state index contributed by atoms with van der Waals surface area (Å²) in [4.78, 5) is 11.9. The number of hydrogen-bond acceptors (Lipinski definition) is 3. The zero-order valence-electron chi connectivity index (χ0n) is 10.5. The monoisotopic (exact) mass is 236 g/mol. The van der Waals surface area contributed by atoms with Crippen LogP contribution in [0, 0.1) is 12.8 Å². The maximum absolute atomic E-state index is 11.9. The van der Waals surface area contributed by atoms with E-state index in [1.807, 2.05) is 24.7 Å². The average molecular weight is 236 g/mol. The molecular formula is C12H20N4O. The van der Waals surface area contributed by atoms with E-state index in [1.165, 1.54) is 0 Å². The van der Waals surface area contributed by atoms with Gasteiger partial charge < -0.3 is 10.6 Å². The van der Waals surface area contributed by atoms with Crippen molar-refractivity contribution >= 4 is 5.91 Å². The normalized spacial score (nSPS) is 20.2. The standard InChI is InChI=1S/C12H20N4O/c1-9-6-11(16(2)15-9)8-14-12(17)10-4-3-5-13-7-10/h6,10,13H,3-5,7-8H2,1-2H3,(H,14,17)/t10-/m0/s1. The first kappa shape index (κ1) is 12.1. The molecule has 1 aliphatic rings. The van der Waals surface area contributed by atoms with Crippen LogP contribution in [0.3, 0.4) is 0 Å². The molecule has 0 bridgehead atoms. The van der Waals surface area contributed by atoms with Crippen molar-refractivity contribution in [3.8, 4) is 0 Å². The van der Waals surface area contributed by atoms with Gasteiger partial charge in [0.25, 0.3) is 0 Å². The van der Waals surface area contributed by atoms with Gasteiger partial charge >= 0.3 is 0 Å². The number of hydrogen-bond donors (Lipinski definition) is 2. The highest BCUT2D eigenvalue weighted by atomic mass is 16.1. The molecule has 1 atom stereocenters. The summed E-state index contributed by atoms with van der Waals surface area (Å²) in [6.45, 7) is 4.35. The van der Waals surface area contributed by atoms with Crippen LogP contribution in [-0.2, 0) is 18.4 Å². The molecule has 1 aromatic heterocycles. The number of carbonyl (C=O) groups is 1. The first-order valence-corrected chi connectivity index (χ1v) is 6.15. The van der Waals surface area contributed by atoms with Crippen LogP contribution in [0.15, 0.2) is 6.07 Å². The van der Waals surface area contributed by atoms with Crippen molar-refractivity contribution < 1.29 is 4.79 Å². The Hall–Kier alpha value is -1.36. The molecule has 0 aromatic carbocycles. The van der Waals surface area contributed by atoms with Gasteiger partial charge in [-0.15, -0.1) is 0 Å². The van der Waals surface area contributed by atoms with E-state index in [4.69, 9.17) is 0 Å². The van der Waals surface area contributed by atoms with Crippen LogP contribution in [0.2, 0.25) is 0 Å².